The van der Waals surface area contributed by atoms with E-state index in [9.17, 15) is 0 Å². The lowest BCUT2D eigenvalue weighted by Gasteiger charge is -2.37. The predicted octanol–water partition coefficient (Wildman–Crippen LogP) is 3.69. The summed E-state index contributed by atoms with van der Waals surface area (Å²) in [7, 11) is 0. The molecule has 2 aromatic carbocycles. The highest BCUT2D eigenvalue weighted by atomic mass is 32.1. The Morgan fingerprint density at radius 3 is 2.18 bits per heavy atom. The zero-order valence-electron chi connectivity index (χ0n) is 13.0. The van der Waals surface area contributed by atoms with Crippen LogP contribution in [-0.2, 0) is 6.42 Å². The van der Waals surface area contributed by atoms with Crippen LogP contribution in [0.4, 0.5) is 5.69 Å². The number of hydrogen-bond donors (Lipinski definition) is 0. The second-order valence-electron chi connectivity index (χ2n) is 5.87. The van der Waals surface area contributed by atoms with Crippen molar-refractivity contribution in [3.63, 3.8) is 0 Å². The van der Waals surface area contributed by atoms with E-state index in [1.54, 1.807) is 0 Å². The summed E-state index contributed by atoms with van der Waals surface area (Å²) in [6.45, 7) is 6.23. The predicted molar refractivity (Wildman–Crippen MR) is 97.7 cm³/mol. The topological polar surface area (TPSA) is 6.48 Å². The Morgan fingerprint density at radius 2 is 1.55 bits per heavy atom. The van der Waals surface area contributed by atoms with Gasteiger partial charge in [0.2, 0.25) is 0 Å². The van der Waals surface area contributed by atoms with Crippen molar-refractivity contribution < 1.29 is 0 Å². The fourth-order valence-corrected chi connectivity index (χ4v) is 3.20. The van der Waals surface area contributed by atoms with Crippen molar-refractivity contribution in [3.8, 4) is 0 Å². The van der Waals surface area contributed by atoms with Crippen LogP contribution in [-0.4, -0.2) is 36.1 Å². The van der Waals surface area contributed by atoms with Crippen LogP contribution in [0, 0.1) is 6.92 Å². The minimum absolute atomic E-state index is 0.876. The van der Waals surface area contributed by atoms with E-state index in [4.69, 9.17) is 12.2 Å². The summed E-state index contributed by atoms with van der Waals surface area (Å²) in [5.41, 5.74) is 3.93. The Balaban J connectivity index is 1.55. The maximum absolute atomic E-state index is 5.64. The summed E-state index contributed by atoms with van der Waals surface area (Å²) in [4.78, 5) is 5.86. The molecule has 0 aromatic heterocycles. The third kappa shape index (κ3) is 3.66. The Kier molecular flexibility index (Phi) is 4.74. The molecular formula is C19H22N2S. The normalized spacial score (nSPS) is 15.0. The molecule has 0 N–H and O–H groups in total. The van der Waals surface area contributed by atoms with Crippen molar-refractivity contribution in [1.82, 2.24) is 4.90 Å². The molecule has 0 amide bonds. The first-order chi connectivity index (χ1) is 10.7. The van der Waals surface area contributed by atoms with Crippen LogP contribution >= 0.6 is 12.2 Å². The quantitative estimate of drug-likeness (QED) is 0.798. The Hall–Kier alpha value is -1.87. The van der Waals surface area contributed by atoms with Crippen LogP contribution in [0.5, 0.6) is 0 Å². The maximum atomic E-state index is 5.64. The molecule has 0 saturated carbocycles. The zero-order chi connectivity index (χ0) is 15.4. The van der Waals surface area contributed by atoms with Gasteiger partial charge in [0.05, 0.1) is 4.99 Å². The van der Waals surface area contributed by atoms with E-state index in [-0.39, 0.29) is 0 Å². The van der Waals surface area contributed by atoms with E-state index in [1.807, 2.05) is 6.07 Å². The highest BCUT2D eigenvalue weighted by Gasteiger charge is 2.19. The Morgan fingerprint density at radius 1 is 0.909 bits per heavy atom. The van der Waals surface area contributed by atoms with E-state index in [0.29, 0.717) is 0 Å². The van der Waals surface area contributed by atoms with E-state index < -0.39 is 0 Å². The number of rotatable bonds is 3. The summed E-state index contributed by atoms with van der Waals surface area (Å²) < 4.78 is 0. The summed E-state index contributed by atoms with van der Waals surface area (Å²) >= 11 is 5.64. The van der Waals surface area contributed by atoms with Crippen LogP contribution in [0.1, 0.15) is 11.1 Å². The molecule has 3 rings (SSSR count). The monoisotopic (exact) mass is 310 g/mol. The van der Waals surface area contributed by atoms with Crippen LogP contribution in [0.15, 0.2) is 54.6 Å². The summed E-state index contributed by atoms with van der Waals surface area (Å²) in [5, 5.41) is 0. The van der Waals surface area contributed by atoms with Gasteiger partial charge >= 0.3 is 0 Å². The molecule has 1 saturated heterocycles. The Bertz CT molecular complexity index is 614. The van der Waals surface area contributed by atoms with Gasteiger partial charge in [-0.3, -0.25) is 0 Å². The van der Waals surface area contributed by atoms with Gasteiger partial charge < -0.3 is 9.80 Å². The molecule has 3 heteroatoms. The lowest BCUT2D eigenvalue weighted by molar-refractivity contribution is 0.387. The number of benzene rings is 2. The average molecular weight is 310 g/mol. The minimum Gasteiger partial charge on any atom is -0.368 e. The van der Waals surface area contributed by atoms with Crippen molar-refractivity contribution in [2.45, 2.75) is 13.3 Å². The number of hydrogen-bond acceptors (Lipinski definition) is 2. The molecule has 0 atom stereocenters. The second kappa shape index (κ2) is 6.93. The van der Waals surface area contributed by atoms with E-state index in [0.717, 1.165) is 37.6 Å². The molecule has 0 spiro atoms. The van der Waals surface area contributed by atoms with Crippen molar-refractivity contribution >= 4 is 22.9 Å². The molecule has 1 aliphatic heterocycles. The number of thiocarbonyl (C=S) groups is 1. The van der Waals surface area contributed by atoms with Crippen molar-refractivity contribution in [1.29, 1.82) is 0 Å². The molecule has 0 aliphatic carbocycles. The van der Waals surface area contributed by atoms with Crippen LogP contribution in [0.3, 0.4) is 0 Å². The molecule has 0 radical (unpaired) electrons. The number of anilines is 1. The number of aryl methyl sites for hydroxylation is 1. The van der Waals surface area contributed by atoms with Crippen LogP contribution in [0.2, 0.25) is 0 Å². The van der Waals surface area contributed by atoms with E-state index in [2.05, 4.69) is 65.3 Å². The first-order valence-electron chi connectivity index (χ1n) is 7.86. The fraction of sp³-hybridized carbons (Fsp3) is 0.316. The van der Waals surface area contributed by atoms with Crippen LogP contribution < -0.4 is 4.90 Å². The molecule has 2 nitrogen and oxygen atoms in total. The molecule has 22 heavy (non-hydrogen) atoms. The fourth-order valence-electron chi connectivity index (χ4n) is 2.85. The van der Waals surface area contributed by atoms with Crippen molar-refractivity contribution in [2.24, 2.45) is 0 Å². The number of piperazine rings is 1. The van der Waals surface area contributed by atoms with E-state index >= 15 is 0 Å². The molecule has 1 fully saturated rings. The lowest BCUT2D eigenvalue weighted by atomic mass is 10.1. The summed E-state index contributed by atoms with van der Waals surface area (Å²) in [6.07, 6.45) is 0.876. The molecule has 0 bridgehead atoms. The van der Waals surface area contributed by atoms with Gasteiger partial charge in [0.25, 0.3) is 0 Å². The van der Waals surface area contributed by atoms with Crippen molar-refractivity contribution in [2.75, 3.05) is 31.1 Å². The molecule has 1 aliphatic rings. The van der Waals surface area contributed by atoms with Crippen molar-refractivity contribution in [3.05, 3.63) is 65.7 Å². The van der Waals surface area contributed by atoms with Gasteiger partial charge in [-0.25, -0.2) is 0 Å². The summed E-state index contributed by atoms with van der Waals surface area (Å²) in [5.74, 6) is 0. The summed E-state index contributed by atoms with van der Waals surface area (Å²) in [6, 6.07) is 19.3. The average Bonchev–Trinajstić information content (AvgIpc) is 2.57. The molecule has 1 heterocycles. The third-order valence-electron chi connectivity index (χ3n) is 4.23. The van der Waals surface area contributed by atoms with Gasteiger partial charge in [-0.2, -0.15) is 0 Å². The highest BCUT2D eigenvalue weighted by molar-refractivity contribution is 7.80. The standard InChI is InChI=1S/C19H22N2S/c1-16-7-9-18(10-8-16)20-11-13-21(14-12-20)19(22)15-17-5-3-2-4-6-17/h2-10H,11-15H2,1H3. The smallest absolute Gasteiger partial charge is 0.0824 e. The lowest BCUT2D eigenvalue weighted by Crippen LogP contribution is -2.48. The first kappa shape index (κ1) is 15.0. The van der Waals surface area contributed by atoms with Gasteiger partial charge in [0.1, 0.15) is 0 Å². The first-order valence-corrected chi connectivity index (χ1v) is 8.26. The van der Waals surface area contributed by atoms with Gasteiger partial charge in [-0.15, -0.1) is 0 Å². The van der Waals surface area contributed by atoms with Gasteiger partial charge in [-0.05, 0) is 24.6 Å². The molecule has 114 valence electrons. The van der Waals surface area contributed by atoms with Crippen LogP contribution in [0.25, 0.3) is 0 Å². The van der Waals surface area contributed by atoms with Gasteiger partial charge in [-0.1, -0.05) is 60.2 Å². The molecular weight excluding hydrogens is 288 g/mol. The Labute approximate surface area is 138 Å². The molecule has 0 unspecified atom stereocenters. The zero-order valence-corrected chi connectivity index (χ0v) is 13.9. The van der Waals surface area contributed by atoms with E-state index in [1.165, 1.54) is 16.8 Å². The molecule has 2 aromatic rings. The minimum atomic E-state index is 0.876. The number of nitrogens with zero attached hydrogens (tertiary/aromatic N) is 2. The second-order valence-corrected chi connectivity index (χ2v) is 6.34. The highest BCUT2D eigenvalue weighted by Crippen LogP contribution is 2.17. The van der Waals surface area contributed by atoms with Gasteiger partial charge in [0, 0.05) is 38.3 Å². The maximum Gasteiger partial charge on any atom is 0.0824 e. The third-order valence-corrected chi connectivity index (χ3v) is 4.63. The largest absolute Gasteiger partial charge is 0.368 e. The van der Waals surface area contributed by atoms with Gasteiger partial charge in [0.15, 0.2) is 0 Å². The SMILES string of the molecule is Cc1ccc(N2CCN(C(=S)Cc3ccccc3)CC2)cc1.